The topological polar surface area (TPSA) is 50.8 Å². The zero-order chi connectivity index (χ0) is 15.4. The molecule has 6 heteroatoms. The summed E-state index contributed by atoms with van der Waals surface area (Å²) in [5, 5.41) is 3.73. The Balaban J connectivity index is 2.26. The fourth-order valence-electron chi connectivity index (χ4n) is 2.48. The Morgan fingerprint density at radius 3 is 2.67 bits per heavy atom. The molecule has 0 spiro atoms. The number of ether oxygens (including phenoxy) is 2. The van der Waals surface area contributed by atoms with Crippen molar-refractivity contribution in [3.05, 3.63) is 17.2 Å². The number of methoxy groups -OCH3 is 2. The molecule has 5 nitrogen and oxygen atoms in total. The minimum absolute atomic E-state index is 0.0583. The largest absolute Gasteiger partial charge is 0.495 e. The summed E-state index contributed by atoms with van der Waals surface area (Å²) in [7, 11) is 3.12. The number of benzene rings is 1. The molecular formula is C15H21ClN2O3. The highest BCUT2D eigenvalue weighted by molar-refractivity contribution is 6.32. The van der Waals surface area contributed by atoms with Crippen LogP contribution in [0.25, 0.3) is 0 Å². The quantitative estimate of drug-likeness (QED) is 0.876. The first-order valence-electron chi connectivity index (χ1n) is 7.08. The van der Waals surface area contributed by atoms with Crippen molar-refractivity contribution in [2.75, 3.05) is 32.2 Å². The predicted molar refractivity (Wildman–Crippen MR) is 83.6 cm³/mol. The number of carbonyl (C=O) groups excluding carboxylic acids is 1. The van der Waals surface area contributed by atoms with Crippen molar-refractivity contribution in [2.45, 2.75) is 25.8 Å². The highest BCUT2D eigenvalue weighted by atomic mass is 35.5. The molecule has 1 N–H and O–H groups in total. The van der Waals surface area contributed by atoms with Crippen LogP contribution in [0.2, 0.25) is 5.02 Å². The Morgan fingerprint density at radius 1 is 1.33 bits per heavy atom. The van der Waals surface area contributed by atoms with Gasteiger partial charge in [0.1, 0.15) is 11.5 Å². The molecule has 1 aromatic rings. The monoisotopic (exact) mass is 312 g/mol. The van der Waals surface area contributed by atoms with Gasteiger partial charge in [-0.1, -0.05) is 18.5 Å². The third-order valence-electron chi connectivity index (χ3n) is 3.59. The lowest BCUT2D eigenvalue weighted by Crippen LogP contribution is -2.38. The Bertz CT molecular complexity index is 522. The van der Waals surface area contributed by atoms with Crippen LogP contribution in [0.3, 0.4) is 0 Å². The van der Waals surface area contributed by atoms with Crippen LogP contribution < -0.4 is 19.7 Å². The summed E-state index contributed by atoms with van der Waals surface area (Å²) >= 11 is 6.17. The van der Waals surface area contributed by atoms with Gasteiger partial charge >= 0.3 is 0 Å². The molecule has 21 heavy (non-hydrogen) atoms. The van der Waals surface area contributed by atoms with Gasteiger partial charge in [0.2, 0.25) is 5.91 Å². The van der Waals surface area contributed by atoms with Crippen LogP contribution in [0.15, 0.2) is 12.1 Å². The number of nitrogens with one attached hydrogen (secondary N) is 1. The SMILES string of the molecule is CCCNC1CCN(c2cc(Cl)c(OC)cc2OC)C1=O. The van der Waals surface area contributed by atoms with E-state index < -0.39 is 0 Å². The molecule has 1 fully saturated rings. The predicted octanol–water partition coefficient (Wildman–Crippen LogP) is 2.46. The Morgan fingerprint density at radius 2 is 2.05 bits per heavy atom. The van der Waals surface area contributed by atoms with E-state index in [-0.39, 0.29) is 11.9 Å². The maximum atomic E-state index is 12.5. The number of anilines is 1. The van der Waals surface area contributed by atoms with Crippen molar-refractivity contribution in [3.8, 4) is 11.5 Å². The summed E-state index contributed by atoms with van der Waals surface area (Å²) in [4.78, 5) is 14.2. The average Bonchev–Trinajstić information content (AvgIpc) is 2.85. The normalized spacial score (nSPS) is 18.2. The molecule has 1 aliphatic heterocycles. The summed E-state index contributed by atoms with van der Waals surface area (Å²) in [6.07, 6.45) is 1.78. The fraction of sp³-hybridized carbons (Fsp3) is 0.533. The van der Waals surface area contributed by atoms with Crippen molar-refractivity contribution >= 4 is 23.2 Å². The maximum Gasteiger partial charge on any atom is 0.244 e. The number of amides is 1. The van der Waals surface area contributed by atoms with Gasteiger partial charge in [0, 0.05) is 12.6 Å². The van der Waals surface area contributed by atoms with E-state index in [0.29, 0.717) is 28.8 Å². The maximum absolute atomic E-state index is 12.5. The molecule has 0 saturated carbocycles. The highest BCUT2D eigenvalue weighted by Gasteiger charge is 2.33. The molecule has 0 radical (unpaired) electrons. The molecular weight excluding hydrogens is 292 g/mol. The number of carbonyl (C=O) groups is 1. The van der Waals surface area contributed by atoms with Crippen LogP contribution in [-0.4, -0.2) is 39.3 Å². The van der Waals surface area contributed by atoms with Crippen LogP contribution in [0, 0.1) is 0 Å². The molecule has 1 unspecified atom stereocenters. The van der Waals surface area contributed by atoms with E-state index in [1.165, 1.54) is 0 Å². The third-order valence-corrected chi connectivity index (χ3v) is 3.89. The second-order valence-corrected chi connectivity index (χ2v) is 5.35. The van der Waals surface area contributed by atoms with Gasteiger partial charge in [0.15, 0.2) is 0 Å². The van der Waals surface area contributed by atoms with Gasteiger partial charge in [-0.3, -0.25) is 4.79 Å². The highest BCUT2D eigenvalue weighted by Crippen LogP contribution is 2.39. The Kier molecular flexibility index (Phi) is 5.31. The van der Waals surface area contributed by atoms with E-state index >= 15 is 0 Å². The van der Waals surface area contributed by atoms with E-state index in [4.69, 9.17) is 21.1 Å². The van der Waals surface area contributed by atoms with Crippen LogP contribution >= 0.6 is 11.6 Å². The van der Waals surface area contributed by atoms with Crippen LogP contribution in [-0.2, 0) is 4.79 Å². The van der Waals surface area contributed by atoms with Crippen molar-refractivity contribution < 1.29 is 14.3 Å². The minimum Gasteiger partial charge on any atom is -0.495 e. The van der Waals surface area contributed by atoms with Crippen molar-refractivity contribution in [1.82, 2.24) is 5.32 Å². The third kappa shape index (κ3) is 3.24. The minimum atomic E-state index is -0.129. The smallest absolute Gasteiger partial charge is 0.244 e. The number of nitrogens with zero attached hydrogens (tertiary/aromatic N) is 1. The molecule has 1 aliphatic rings. The lowest BCUT2D eigenvalue weighted by atomic mass is 10.2. The molecule has 1 aromatic carbocycles. The van der Waals surface area contributed by atoms with Crippen LogP contribution in [0.5, 0.6) is 11.5 Å². The van der Waals surface area contributed by atoms with Gasteiger partial charge in [-0.25, -0.2) is 0 Å². The van der Waals surface area contributed by atoms with Crippen LogP contribution in [0.1, 0.15) is 19.8 Å². The van der Waals surface area contributed by atoms with E-state index in [2.05, 4.69) is 12.2 Å². The summed E-state index contributed by atoms with van der Waals surface area (Å²) in [5.41, 5.74) is 0.689. The number of hydrogen-bond acceptors (Lipinski definition) is 4. The summed E-state index contributed by atoms with van der Waals surface area (Å²) in [5.74, 6) is 1.17. The molecule has 116 valence electrons. The first kappa shape index (κ1) is 15.9. The van der Waals surface area contributed by atoms with Gasteiger partial charge in [0.25, 0.3) is 0 Å². The van der Waals surface area contributed by atoms with Gasteiger partial charge < -0.3 is 19.7 Å². The van der Waals surface area contributed by atoms with E-state index in [1.54, 1.807) is 31.3 Å². The number of halogens is 1. The fourth-order valence-corrected chi connectivity index (χ4v) is 2.72. The summed E-state index contributed by atoms with van der Waals surface area (Å²) in [6, 6.07) is 3.30. The van der Waals surface area contributed by atoms with Crippen LogP contribution in [0.4, 0.5) is 5.69 Å². The van der Waals surface area contributed by atoms with Crippen molar-refractivity contribution in [2.24, 2.45) is 0 Å². The zero-order valence-electron chi connectivity index (χ0n) is 12.6. The second-order valence-electron chi connectivity index (χ2n) is 4.94. The molecule has 0 bridgehead atoms. The molecule has 1 heterocycles. The molecule has 1 saturated heterocycles. The second kappa shape index (κ2) is 7.00. The molecule has 0 aromatic heterocycles. The van der Waals surface area contributed by atoms with Gasteiger partial charge in [-0.05, 0) is 25.5 Å². The lowest BCUT2D eigenvalue weighted by Gasteiger charge is -2.21. The molecule has 1 atom stereocenters. The summed E-state index contributed by atoms with van der Waals surface area (Å²) < 4.78 is 10.5. The Hall–Kier alpha value is -1.46. The Labute approximate surface area is 130 Å². The standard InChI is InChI=1S/C15H21ClN2O3/c1-4-6-17-11-5-7-18(15(11)19)12-8-10(16)13(20-2)9-14(12)21-3/h8-9,11,17H,4-7H2,1-3H3. The summed E-state index contributed by atoms with van der Waals surface area (Å²) in [6.45, 7) is 3.57. The molecule has 0 aliphatic carbocycles. The molecule has 2 rings (SSSR count). The van der Waals surface area contributed by atoms with Gasteiger partial charge in [0.05, 0.1) is 31.0 Å². The lowest BCUT2D eigenvalue weighted by molar-refractivity contribution is -0.118. The van der Waals surface area contributed by atoms with E-state index in [0.717, 1.165) is 19.4 Å². The van der Waals surface area contributed by atoms with Gasteiger partial charge in [-0.15, -0.1) is 0 Å². The first-order valence-corrected chi connectivity index (χ1v) is 7.46. The number of rotatable bonds is 6. The van der Waals surface area contributed by atoms with Crippen molar-refractivity contribution in [1.29, 1.82) is 0 Å². The zero-order valence-corrected chi connectivity index (χ0v) is 13.4. The molecule has 1 amide bonds. The number of hydrogen-bond donors (Lipinski definition) is 1. The first-order chi connectivity index (χ1) is 10.1. The van der Waals surface area contributed by atoms with E-state index in [9.17, 15) is 4.79 Å². The van der Waals surface area contributed by atoms with Crippen molar-refractivity contribution in [3.63, 3.8) is 0 Å². The average molecular weight is 313 g/mol. The van der Waals surface area contributed by atoms with Gasteiger partial charge in [-0.2, -0.15) is 0 Å². The van der Waals surface area contributed by atoms with E-state index in [1.807, 2.05) is 0 Å².